The zero-order valence-corrected chi connectivity index (χ0v) is 11.7. The van der Waals surface area contributed by atoms with Crippen molar-refractivity contribution in [3.05, 3.63) is 35.1 Å². The van der Waals surface area contributed by atoms with E-state index in [1.165, 1.54) is 11.0 Å². The molecule has 0 aromatic heterocycles. The van der Waals surface area contributed by atoms with E-state index >= 15 is 0 Å². The maximum absolute atomic E-state index is 14.0. The smallest absolute Gasteiger partial charge is 0.325 e. The summed E-state index contributed by atoms with van der Waals surface area (Å²) < 4.78 is 18.9. The first-order valence-corrected chi connectivity index (χ1v) is 6.76. The fourth-order valence-corrected chi connectivity index (χ4v) is 2.07. The van der Waals surface area contributed by atoms with Crippen molar-refractivity contribution in [2.45, 2.75) is 32.7 Å². The number of amides is 1. The Hall–Kier alpha value is -1.91. The lowest BCUT2D eigenvalue weighted by Crippen LogP contribution is -2.38. The maximum atomic E-state index is 14.0. The molecule has 5 heteroatoms. The molecule has 1 aromatic carbocycles. The van der Waals surface area contributed by atoms with Crippen molar-refractivity contribution in [3.63, 3.8) is 0 Å². The van der Waals surface area contributed by atoms with Crippen LogP contribution in [-0.2, 0) is 9.53 Å². The lowest BCUT2D eigenvalue weighted by Gasteiger charge is -2.21. The van der Waals surface area contributed by atoms with Crippen LogP contribution in [0.1, 0.15) is 35.7 Å². The molecule has 0 bridgehead atoms. The lowest BCUT2D eigenvalue weighted by molar-refractivity contribution is -0.144. The number of hydrogen-bond acceptors (Lipinski definition) is 3. The number of ether oxygens (including phenoxy) is 1. The van der Waals surface area contributed by atoms with Gasteiger partial charge in [0.05, 0.1) is 12.2 Å². The molecule has 1 fully saturated rings. The van der Waals surface area contributed by atoms with Gasteiger partial charge in [0, 0.05) is 6.04 Å². The number of aryl methyl sites for hydroxylation is 1. The average Bonchev–Trinajstić information content (AvgIpc) is 3.23. The van der Waals surface area contributed by atoms with Gasteiger partial charge in [-0.3, -0.25) is 9.59 Å². The molecular weight excluding hydrogens is 261 g/mol. The van der Waals surface area contributed by atoms with Crippen LogP contribution >= 0.6 is 0 Å². The highest BCUT2D eigenvalue weighted by atomic mass is 19.1. The van der Waals surface area contributed by atoms with Gasteiger partial charge in [-0.25, -0.2) is 4.39 Å². The van der Waals surface area contributed by atoms with Crippen LogP contribution in [0.4, 0.5) is 4.39 Å². The van der Waals surface area contributed by atoms with Gasteiger partial charge < -0.3 is 9.64 Å². The standard InChI is InChI=1S/C15H18FNO3/c1-3-20-13(18)9-17(11-7-8-11)15(19)12-6-4-5-10(2)14(12)16/h4-6,11H,3,7-9H2,1-2H3. The Labute approximate surface area is 117 Å². The molecule has 1 aromatic rings. The second kappa shape index (κ2) is 6.03. The first kappa shape index (κ1) is 14.5. The molecule has 4 nitrogen and oxygen atoms in total. The van der Waals surface area contributed by atoms with Crippen LogP contribution in [0.2, 0.25) is 0 Å². The van der Waals surface area contributed by atoms with Gasteiger partial charge in [0.1, 0.15) is 12.4 Å². The Morgan fingerprint density at radius 1 is 1.40 bits per heavy atom. The van der Waals surface area contributed by atoms with Crippen LogP contribution in [0.25, 0.3) is 0 Å². The highest BCUT2D eigenvalue weighted by molar-refractivity contribution is 5.96. The van der Waals surface area contributed by atoms with Gasteiger partial charge in [-0.05, 0) is 38.3 Å². The molecule has 0 aliphatic heterocycles. The summed E-state index contributed by atoms with van der Waals surface area (Å²) in [5, 5.41) is 0. The third-order valence-electron chi connectivity index (χ3n) is 3.28. The van der Waals surface area contributed by atoms with E-state index in [2.05, 4.69) is 0 Å². The molecule has 0 N–H and O–H groups in total. The van der Waals surface area contributed by atoms with Gasteiger partial charge >= 0.3 is 5.97 Å². The zero-order chi connectivity index (χ0) is 14.7. The van der Waals surface area contributed by atoms with E-state index in [1.807, 2.05) is 0 Å². The van der Waals surface area contributed by atoms with E-state index in [0.29, 0.717) is 5.56 Å². The summed E-state index contributed by atoms with van der Waals surface area (Å²) in [5.74, 6) is -1.42. The van der Waals surface area contributed by atoms with Crippen molar-refractivity contribution in [2.24, 2.45) is 0 Å². The van der Waals surface area contributed by atoms with Crippen LogP contribution in [0.5, 0.6) is 0 Å². The number of halogens is 1. The first-order chi connectivity index (χ1) is 9.54. The number of benzene rings is 1. The summed E-state index contributed by atoms with van der Waals surface area (Å²) in [5.41, 5.74) is 0.434. The molecule has 0 spiro atoms. The minimum Gasteiger partial charge on any atom is -0.465 e. The van der Waals surface area contributed by atoms with Crippen molar-refractivity contribution in [3.8, 4) is 0 Å². The molecule has 0 atom stereocenters. The molecule has 20 heavy (non-hydrogen) atoms. The number of nitrogens with zero attached hydrogens (tertiary/aromatic N) is 1. The number of rotatable bonds is 5. The van der Waals surface area contributed by atoms with Crippen LogP contribution in [0.15, 0.2) is 18.2 Å². The van der Waals surface area contributed by atoms with E-state index in [-0.39, 0.29) is 24.8 Å². The Kier molecular flexibility index (Phi) is 4.37. The molecule has 0 heterocycles. The SMILES string of the molecule is CCOC(=O)CN(C(=O)c1cccc(C)c1F)C1CC1. The highest BCUT2D eigenvalue weighted by Crippen LogP contribution is 2.29. The normalized spacial score (nSPS) is 13.9. The zero-order valence-electron chi connectivity index (χ0n) is 11.7. The molecule has 0 saturated heterocycles. The monoisotopic (exact) mass is 279 g/mol. The topological polar surface area (TPSA) is 46.6 Å². The van der Waals surface area contributed by atoms with Crippen molar-refractivity contribution in [1.82, 2.24) is 4.90 Å². The molecular formula is C15H18FNO3. The molecule has 1 aliphatic carbocycles. The van der Waals surface area contributed by atoms with E-state index in [1.54, 1.807) is 26.0 Å². The Bertz CT molecular complexity index is 526. The fraction of sp³-hybridized carbons (Fsp3) is 0.467. The molecule has 1 aliphatic rings. The predicted molar refractivity (Wildman–Crippen MR) is 71.8 cm³/mol. The van der Waals surface area contributed by atoms with Gasteiger partial charge in [0.25, 0.3) is 5.91 Å². The summed E-state index contributed by atoms with van der Waals surface area (Å²) in [6.07, 6.45) is 1.69. The third kappa shape index (κ3) is 3.15. The second-order valence-electron chi connectivity index (χ2n) is 4.91. The largest absolute Gasteiger partial charge is 0.465 e. The van der Waals surface area contributed by atoms with Gasteiger partial charge in [-0.2, -0.15) is 0 Å². The summed E-state index contributed by atoms with van der Waals surface area (Å²) in [6.45, 7) is 3.47. The molecule has 1 amide bonds. The quantitative estimate of drug-likeness (QED) is 0.777. The molecule has 0 unspecified atom stereocenters. The molecule has 108 valence electrons. The number of carbonyl (C=O) groups is 2. The second-order valence-corrected chi connectivity index (χ2v) is 4.91. The first-order valence-electron chi connectivity index (χ1n) is 6.76. The summed E-state index contributed by atoms with van der Waals surface area (Å²) in [6, 6.07) is 4.72. The van der Waals surface area contributed by atoms with Crippen LogP contribution < -0.4 is 0 Å². The third-order valence-corrected chi connectivity index (χ3v) is 3.28. The average molecular weight is 279 g/mol. The van der Waals surface area contributed by atoms with Crippen LogP contribution in [0, 0.1) is 12.7 Å². The van der Waals surface area contributed by atoms with Crippen LogP contribution in [0.3, 0.4) is 0 Å². The summed E-state index contributed by atoms with van der Waals surface area (Å²) >= 11 is 0. The molecule has 2 rings (SSSR count). The van der Waals surface area contributed by atoms with E-state index in [4.69, 9.17) is 4.74 Å². The molecule has 0 radical (unpaired) electrons. The van der Waals surface area contributed by atoms with Gasteiger partial charge in [-0.1, -0.05) is 12.1 Å². The van der Waals surface area contributed by atoms with Gasteiger partial charge in [0.2, 0.25) is 0 Å². The van der Waals surface area contributed by atoms with Crippen molar-refractivity contribution in [1.29, 1.82) is 0 Å². The van der Waals surface area contributed by atoms with Gasteiger partial charge in [-0.15, -0.1) is 0 Å². The predicted octanol–water partition coefficient (Wildman–Crippen LogP) is 2.30. The summed E-state index contributed by atoms with van der Waals surface area (Å²) in [7, 11) is 0. The van der Waals surface area contributed by atoms with E-state index in [9.17, 15) is 14.0 Å². The lowest BCUT2D eigenvalue weighted by atomic mass is 10.1. The number of hydrogen-bond donors (Lipinski definition) is 0. The molecule has 1 saturated carbocycles. The van der Waals surface area contributed by atoms with E-state index < -0.39 is 17.7 Å². The Balaban J connectivity index is 2.19. The van der Waals surface area contributed by atoms with Crippen molar-refractivity contribution >= 4 is 11.9 Å². The number of esters is 1. The van der Waals surface area contributed by atoms with Crippen molar-refractivity contribution in [2.75, 3.05) is 13.2 Å². The minimum atomic E-state index is -0.521. The van der Waals surface area contributed by atoms with Crippen molar-refractivity contribution < 1.29 is 18.7 Å². The maximum Gasteiger partial charge on any atom is 0.325 e. The summed E-state index contributed by atoms with van der Waals surface area (Å²) in [4.78, 5) is 25.4. The Morgan fingerprint density at radius 3 is 2.70 bits per heavy atom. The minimum absolute atomic E-state index is 0.0150. The van der Waals surface area contributed by atoms with Gasteiger partial charge in [0.15, 0.2) is 0 Å². The number of carbonyl (C=O) groups excluding carboxylic acids is 2. The Morgan fingerprint density at radius 2 is 2.10 bits per heavy atom. The van der Waals surface area contributed by atoms with E-state index in [0.717, 1.165) is 12.8 Å². The highest BCUT2D eigenvalue weighted by Gasteiger charge is 2.35. The van der Waals surface area contributed by atoms with Crippen LogP contribution in [-0.4, -0.2) is 36.0 Å². The fourth-order valence-electron chi connectivity index (χ4n) is 2.07.